The highest BCUT2D eigenvalue weighted by Gasteiger charge is 2.29. The maximum absolute atomic E-state index is 12.2. The number of para-hydroxylation sites is 1. The van der Waals surface area contributed by atoms with Crippen molar-refractivity contribution < 1.29 is 23.9 Å². The Kier molecular flexibility index (Phi) is 6.61. The van der Waals surface area contributed by atoms with Crippen LogP contribution in [0.1, 0.15) is 39.7 Å². The second-order valence-electron chi connectivity index (χ2n) is 6.18. The lowest BCUT2D eigenvalue weighted by atomic mass is 10.1. The van der Waals surface area contributed by atoms with E-state index in [1.54, 1.807) is 12.1 Å². The molecule has 0 atom stereocenters. The quantitative estimate of drug-likeness (QED) is 0.326. The van der Waals surface area contributed by atoms with Crippen molar-refractivity contribution in [2.75, 3.05) is 19.0 Å². The van der Waals surface area contributed by atoms with Gasteiger partial charge in [-0.1, -0.05) is 12.1 Å². The van der Waals surface area contributed by atoms with E-state index in [1.807, 2.05) is 19.1 Å². The summed E-state index contributed by atoms with van der Waals surface area (Å²) >= 11 is 1.30. The molecule has 0 spiro atoms. The van der Waals surface area contributed by atoms with Gasteiger partial charge in [-0.25, -0.2) is 10.2 Å². The van der Waals surface area contributed by atoms with E-state index < -0.39 is 17.8 Å². The molecule has 0 unspecified atom stereocenters. The van der Waals surface area contributed by atoms with Gasteiger partial charge in [0.05, 0.1) is 25.5 Å². The molecule has 0 fully saturated rings. The topological polar surface area (TPSA) is 106 Å². The molecule has 0 aliphatic heterocycles. The molecule has 0 saturated carbocycles. The Bertz CT molecular complexity index is 967. The summed E-state index contributed by atoms with van der Waals surface area (Å²) in [5.74, 6) is -1.76. The predicted octanol–water partition coefficient (Wildman–Crippen LogP) is 2.51. The van der Waals surface area contributed by atoms with Crippen molar-refractivity contribution in [2.45, 2.75) is 26.2 Å². The van der Waals surface area contributed by atoms with Gasteiger partial charge < -0.3 is 14.8 Å². The average Bonchev–Trinajstić information content (AvgIpc) is 3.29. The van der Waals surface area contributed by atoms with Crippen molar-refractivity contribution in [3.63, 3.8) is 0 Å². The number of carbonyl (C=O) groups excluding carboxylic acids is 3. The number of ether oxygens (including phenoxy) is 2. The van der Waals surface area contributed by atoms with Crippen LogP contribution in [0.25, 0.3) is 0 Å². The second kappa shape index (κ2) is 9.33. The van der Waals surface area contributed by atoms with Gasteiger partial charge in [-0.15, -0.1) is 11.3 Å². The Labute approximate surface area is 171 Å². The van der Waals surface area contributed by atoms with Crippen LogP contribution in [0.2, 0.25) is 0 Å². The molecule has 152 valence electrons. The number of hydrogen-bond donors (Lipinski definition) is 2. The number of rotatable bonds is 6. The van der Waals surface area contributed by atoms with Crippen LogP contribution in [-0.4, -0.2) is 37.7 Å². The standard InChI is InChI=1S/C20H21N3O5S/c1-3-28-14-9-5-4-7-12(14)11-21-23-18(25)17(24)22-19-16(20(26)27-2)13-8-6-10-15(13)29-19/h4-5,7,9,11H,3,6,8,10H2,1-2H3,(H,22,24)(H,23,25). The molecule has 8 nitrogen and oxygen atoms in total. The molecule has 0 saturated heterocycles. The van der Waals surface area contributed by atoms with Crippen LogP contribution in [0.3, 0.4) is 0 Å². The molecule has 1 aliphatic rings. The third-order valence-electron chi connectivity index (χ3n) is 4.33. The maximum Gasteiger partial charge on any atom is 0.341 e. The third-order valence-corrected chi connectivity index (χ3v) is 5.54. The molecule has 1 aromatic carbocycles. The minimum absolute atomic E-state index is 0.326. The van der Waals surface area contributed by atoms with Gasteiger partial charge in [0.2, 0.25) is 0 Å². The van der Waals surface area contributed by atoms with E-state index in [1.165, 1.54) is 24.7 Å². The normalized spacial score (nSPS) is 12.5. The first-order valence-corrected chi connectivity index (χ1v) is 9.95. The lowest BCUT2D eigenvalue weighted by molar-refractivity contribution is -0.136. The van der Waals surface area contributed by atoms with Gasteiger partial charge in [0.1, 0.15) is 10.8 Å². The number of anilines is 1. The molecule has 0 bridgehead atoms. The van der Waals surface area contributed by atoms with E-state index in [-0.39, 0.29) is 0 Å². The minimum Gasteiger partial charge on any atom is -0.493 e. The number of thiophene rings is 1. The SMILES string of the molecule is CCOc1ccccc1C=NNC(=O)C(=O)Nc1sc2c(c1C(=O)OC)CCC2. The highest BCUT2D eigenvalue weighted by molar-refractivity contribution is 7.17. The third kappa shape index (κ3) is 4.62. The number of carbonyl (C=O) groups is 3. The van der Waals surface area contributed by atoms with Crippen LogP contribution < -0.4 is 15.5 Å². The summed E-state index contributed by atoms with van der Waals surface area (Å²) in [6.45, 7) is 2.36. The second-order valence-corrected chi connectivity index (χ2v) is 7.28. The molecule has 3 rings (SSSR count). The molecule has 9 heteroatoms. The van der Waals surface area contributed by atoms with E-state index in [9.17, 15) is 14.4 Å². The molecule has 0 radical (unpaired) electrons. The van der Waals surface area contributed by atoms with Gasteiger partial charge in [-0.05, 0) is 43.9 Å². The van der Waals surface area contributed by atoms with Crippen LogP contribution in [-0.2, 0) is 27.2 Å². The molecule has 1 aromatic heterocycles. The van der Waals surface area contributed by atoms with Gasteiger partial charge in [0.25, 0.3) is 0 Å². The fourth-order valence-corrected chi connectivity index (χ4v) is 4.33. The first kappa shape index (κ1) is 20.5. The van der Waals surface area contributed by atoms with Crippen molar-refractivity contribution in [1.82, 2.24) is 5.43 Å². The Morgan fingerprint density at radius 3 is 2.76 bits per heavy atom. The molecule has 1 heterocycles. The molecule has 1 aliphatic carbocycles. The maximum atomic E-state index is 12.2. The lowest BCUT2D eigenvalue weighted by Gasteiger charge is -2.07. The Hall–Kier alpha value is -3.20. The molecule has 2 aromatic rings. The Balaban J connectivity index is 1.66. The molecular formula is C20H21N3O5S. The monoisotopic (exact) mass is 415 g/mol. The number of amides is 2. The first-order chi connectivity index (χ1) is 14.0. The summed E-state index contributed by atoms with van der Waals surface area (Å²) in [4.78, 5) is 37.5. The molecule has 2 N–H and O–H groups in total. The van der Waals surface area contributed by atoms with Gasteiger partial charge in [0.15, 0.2) is 0 Å². The van der Waals surface area contributed by atoms with Crippen molar-refractivity contribution in [3.05, 3.63) is 45.8 Å². The van der Waals surface area contributed by atoms with E-state index >= 15 is 0 Å². The Morgan fingerprint density at radius 2 is 2.00 bits per heavy atom. The zero-order chi connectivity index (χ0) is 20.8. The summed E-state index contributed by atoms with van der Waals surface area (Å²) in [7, 11) is 1.29. The van der Waals surface area contributed by atoms with Crippen LogP contribution in [0.5, 0.6) is 5.75 Å². The smallest absolute Gasteiger partial charge is 0.341 e. The van der Waals surface area contributed by atoms with Crippen molar-refractivity contribution in [2.24, 2.45) is 5.10 Å². The van der Waals surface area contributed by atoms with Gasteiger partial charge >= 0.3 is 17.8 Å². The van der Waals surface area contributed by atoms with Crippen LogP contribution in [0.15, 0.2) is 29.4 Å². The first-order valence-electron chi connectivity index (χ1n) is 9.14. The highest BCUT2D eigenvalue weighted by Crippen LogP contribution is 2.39. The van der Waals surface area contributed by atoms with Crippen LogP contribution >= 0.6 is 11.3 Å². The average molecular weight is 415 g/mol. The fraction of sp³-hybridized carbons (Fsp3) is 0.300. The summed E-state index contributed by atoms with van der Waals surface area (Å²) in [5.41, 5.74) is 4.07. The van der Waals surface area contributed by atoms with E-state index in [2.05, 4.69) is 15.8 Å². The number of nitrogens with zero attached hydrogens (tertiary/aromatic N) is 1. The van der Waals surface area contributed by atoms with Crippen molar-refractivity contribution in [1.29, 1.82) is 0 Å². The largest absolute Gasteiger partial charge is 0.493 e. The summed E-state index contributed by atoms with van der Waals surface area (Å²) in [6.07, 6.45) is 3.95. The van der Waals surface area contributed by atoms with Gasteiger partial charge in [-0.2, -0.15) is 5.10 Å². The lowest BCUT2D eigenvalue weighted by Crippen LogP contribution is -2.32. The number of nitrogens with one attached hydrogen (secondary N) is 2. The highest BCUT2D eigenvalue weighted by atomic mass is 32.1. The molecule has 2 amide bonds. The fourth-order valence-electron chi connectivity index (χ4n) is 3.06. The number of hydrazone groups is 1. The van der Waals surface area contributed by atoms with Crippen molar-refractivity contribution in [3.8, 4) is 5.75 Å². The Morgan fingerprint density at radius 1 is 1.21 bits per heavy atom. The molecular weight excluding hydrogens is 394 g/mol. The summed E-state index contributed by atoms with van der Waals surface area (Å²) < 4.78 is 10.3. The zero-order valence-corrected chi connectivity index (χ0v) is 16.9. The number of benzene rings is 1. The molecule has 29 heavy (non-hydrogen) atoms. The van der Waals surface area contributed by atoms with Crippen LogP contribution in [0.4, 0.5) is 5.00 Å². The van der Waals surface area contributed by atoms with Gasteiger partial charge in [0, 0.05) is 10.4 Å². The number of aryl methyl sites for hydroxylation is 1. The van der Waals surface area contributed by atoms with Crippen LogP contribution in [0, 0.1) is 0 Å². The van der Waals surface area contributed by atoms with Gasteiger partial charge in [-0.3, -0.25) is 9.59 Å². The van der Waals surface area contributed by atoms with Crippen molar-refractivity contribution >= 4 is 40.3 Å². The van der Waals surface area contributed by atoms with E-state index in [0.717, 1.165) is 29.7 Å². The number of esters is 1. The minimum atomic E-state index is -0.945. The number of hydrogen-bond acceptors (Lipinski definition) is 7. The number of methoxy groups -OCH3 is 1. The van der Waals surface area contributed by atoms with E-state index in [0.29, 0.717) is 28.5 Å². The summed E-state index contributed by atoms with van der Waals surface area (Å²) in [6, 6.07) is 7.19. The predicted molar refractivity (Wildman–Crippen MR) is 110 cm³/mol. The number of fused-ring (bicyclic) bond motifs is 1. The van der Waals surface area contributed by atoms with E-state index in [4.69, 9.17) is 9.47 Å². The zero-order valence-electron chi connectivity index (χ0n) is 16.1. The summed E-state index contributed by atoms with van der Waals surface area (Å²) in [5, 5.41) is 6.65.